The highest BCUT2D eigenvalue weighted by Crippen LogP contribution is 2.37. The predicted octanol–water partition coefficient (Wildman–Crippen LogP) is 2.75. The van der Waals surface area contributed by atoms with Crippen LogP contribution in [0.1, 0.15) is 32.1 Å². The lowest BCUT2D eigenvalue weighted by Crippen LogP contribution is -2.51. The summed E-state index contributed by atoms with van der Waals surface area (Å²) in [5.74, 6) is 2.26. The van der Waals surface area contributed by atoms with Crippen LogP contribution in [-0.2, 0) is 11.3 Å². The molecule has 1 amide bonds. The second-order valence-corrected chi connectivity index (χ2v) is 7.39. The molecule has 1 aromatic heterocycles. The van der Waals surface area contributed by atoms with E-state index >= 15 is 0 Å². The number of aromatic nitrogens is 2. The van der Waals surface area contributed by atoms with Crippen LogP contribution in [0.15, 0.2) is 30.5 Å². The van der Waals surface area contributed by atoms with Crippen LogP contribution in [0.2, 0.25) is 0 Å². The van der Waals surface area contributed by atoms with Crippen LogP contribution in [0.4, 0.5) is 0 Å². The number of para-hydroxylation sites is 1. The van der Waals surface area contributed by atoms with Crippen molar-refractivity contribution in [1.82, 2.24) is 14.5 Å². The standard InChI is InChI=1S/C20H28N4O2S/c1-4-13(2)18-19-22-16(14-7-5-6-8-17(14)26-3)11-23(19)9-10-24(18)20(25)15(21)12-27/h5-8,11,13,15,18,27H,4,9-10,12,21H2,1-3H3. The molecule has 1 aliphatic rings. The van der Waals surface area contributed by atoms with Gasteiger partial charge in [-0.15, -0.1) is 0 Å². The van der Waals surface area contributed by atoms with E-state index in [0.717, 1.165) is 29.3 Å². The van der Waals surface area contributed by atoms with E-state index in [1.54, 1.807) is 7.11 Å². The first-order chi connectivity index (χ1) is 13.0. The van der Waals surface area contributed by atoms with E-state index < -0.39 is 6.04 Å². The average molecular weight is 389 g/mol. The molecule has 0 bridgehead atoms. The maximum absolute atomic E-state index is 12.8. The largest absolute Gasteiger partial charge is 0.496 e. The fourth-order valence-electron chi connectivity index (χ4n) is 3.65. The first-order valence-corrected chi connectivity index (χ1v) is 10.0. The molecule has 0 saturated carbocycles. The van der Waals surface area contributed by atoms with Gasteiger partial charge < -0.3 is 19.9 Å². The van der Waals surface area contributed by atoms with Crippen molar-refractivity contribution in [1.29, 1.82) is 0 Å². The number of imidazole rings is 1. The number of hydrogen-bond acceptors (Lipinski definition) is 5. The topological polar surface area (TPSA) is 73.4 Å². The van der Waals surface area contributed by atoms with Gasteiger partial charge in [0.15, 0.2) is 0 Å². The Bertz CT molecular complexity index is 807. The zero-order valence-electron chi connectivity index (χ0n) is 16.1. The summed E-state index contributed by atoms with van der Waals surface area (Å²) in [5, 5.41) is 0. The van der Waals surface area contributed by atoms with Gasteiger partial charge in [0.1, 0.15) is 11.6 Å². The molecule has 146 valence electrons. The van der Waals surface area contributed by atoms with Gasteiger partial charge in [0.25, 0.3) is 0 Å². The Labute approximate surface area is 166 Å². The van der Waals surface area contributed by atoms with E-state index in [1.807, 2.05) is 29.2 Å². The van der Waals surface area contributed by atoms with Crippen molar-refractivity contribution in [3.05, 3.63) is 36.3 Å². The van der Waals surface area contributed by atoms with Gasteiger partial charge in [-0.05, 0) is 18.1 Å². The Balaban J connectivity index is 2.03. The molecule has 6 nitrogen and oxygen atoms in total. The van der Waals surface area contributed by atoms with Crippen molar-refractivity contribution < 1.29 is 9.53 Å². The lowest BCUT2D eigenvalue weighted by Gasteiger charge is -2.40. The van der Waals surface area contributed by atoms with E-state index in [0.29, 0.717) is 18.8 Å². The number of thiol groups is 1. The number of carbonyl (C=O) groups excluding carboxylic acids is 1. The summed E-state index contributed by atoms with van der Waals surface area (Å²) in [4.78, 5) is 19.7. The molecule has 3 atom stereocenters. The Morgan fingerprint density at radius 1 is 1.41 bits per heavy atom. The molecular weight excluding hydrogens is 360 g/mol. The molecule has 2 heterocycles. The summed E-state index contributed by atoms with van der Waals surface area (Å²) < 4.78 is 7.66. The molecule has 1 aromatic carbocycles. The second-order valence-electron chi connectivity index (χ2n) is 7.03. The van der Waals surface area contributed by atoms with Gasteiger partial charge in [0, 0.05) is 30.6 Å². The summed E-state index contributed by atoms with van der Waals surface area (Å²) in [6, 6.07) is 7.18. The van der Waals surface area contributed by atoms with Crippen molar-refractivity contribution in [3.8, 4) is 17.0 Å². The molecule has 0 spiro atoms. The maximum atomic E-state index is 12.8. The Kier molecular flexibility index (Phi) is 6.11. The number of nitrogens with zero attached hydrogens (tertiary/aromatic N) is 3. The van der Waals surface area contributed by atoms with Gasteiger partial charge in [0.2, 0.25) is 5.91 Å². The number of nitrogens with two attached hydrogens (primary N) is 1. The Morgan fingerprint density at radius 2 is 2.15 bits per heavy atom. The van der Waals surface area contributed by atoms with Crippen molar-refractivity contribution in [2.24, 2.45) is 11.7 Å². The number of rotatable bonds is 6. The van der Waals surface area contributed by atoms with E-state index in [4.69, 9.17) is 15.5 Å². The Hall–Kier alpha value is -1.99. The fourth-order valence-corrected chi connectivity index (χ4v) is 3.80. The first-order valence-electron chi connectivity index (χ1n) is 9.39. The van der Waals surface area contributed by atoms with E-state index in [-0.39, 0.29) is 17.9 Å². The van der Waals surface area contributed by atoms with Crippen LogP contribution in [0.25, 0.3) is 11.3 Å². The second kappa shape index (κ2) is 8.35. The van der Waals surface area contributed by atoms with Gasteiger partial charge in [-0.2, -0.15) is 12.6 Å². The number of carbonyl (C=O) groups is 1. The Morgan fingerprint density at radius 3 is 2.81 bits per heavy atom. The minimum Gasteiger partial charge on any atom is -0.496 e. The third-order valence-electron chi connectivity index (χ3n) is 5.35. The summed E-state index contributed by atoms with van der Waals surface area (Å²) in [6.07, 6.45) is 3.00. The van der Waals surface area contributed by atoms with Crippen molar-refractivity contribution in [2.75, 3.05) is 19.4 Å². The van der Waals surface area contributed by atoms with Crippen LogP contribution >= 0.6 is 12.6 Å². The SMILES string of the molecule is CCC(C)C1c2nc(-c3ccccc3OC)cn2CCN1C(=O)C(N)CS. The number of fused-ring (bicyclic) bond motifs is 1. The van der Waals surface area contributed by atoms with Crippen molar-refractivity contribution >= 4 is 18.5 Å². The quantitative estimate of drug-likeness (QED) is 0.747. The average Bonchev–Trinajstić information content (AvgIpc) is 3.15. The van der Waals surface area contributed by atoms with Crippen LogP contribution in [0, 0.1) is 5.92 Å². The zero-order chi connectivity index (χ0) is 19.6. The molecule has 2 aromatic rings. The van der Waals surface area contributed by atoms with Gasteiger partial charge in [-0.1, -0.05) is 32.4 Å². The molecule has 27 heavy (non-hydrogen) atoms. The van der Waals surface area contributed by atoms with Crippen LogP contribution in [-0.4, -0.2) is 45.8 Å². The summed E-state index contributed by atoms with van der Waals surface area (Å²) in [5.41, 5.74) is 7.81. The lowest BCUT2D eigenvalue weighted by atomic mass is 9.94. The molecule has 3 rings (SSSR count). The van der Waals surface area contributed by atoms with Crippen molar-refractivity contribution in [3.63, 3.8) is 0 Å². The molecule has 7 heteroatoms. The van der Waals surface area contributed by atoms with Crippen LogP contribution in [0.3, 0.4) is 0 Å². The molecule has 0 saturated heterocycles. The highest BCUT2D eigenvalue weighted by atomic mass is 32.1. The molecule has 2 N–H and O–H groups in total. The number of ether oxygens (including phenoxy) is 1. The van der Waals surface area contributed by atoms with Gasteiger partial charge in [-0.3, -0.25) is 4.79 Å². The molecule has 0 fully saturated rings. The lowest BCUT2D eigenvalue weighted by molar-refractivity contribution is -0.137. The number of benzene rings is 1. The monoisotopic (exact) mass is 388 g/mol. The van der Waals surface area contributed by atoms with Crippen LogP contribution in [0.5, 0.6) is 5.75 Å². The van der Waals surface area contributed by atoms with Crippen molar-refractivity contribution in [2.45, 2.75) is 38.9 Å². The highest BCUT2D eigenvalue weighted by Gasteiger charge is 2.37. The zero-order valence-corrected chi connectivity index (χ0v) is 17.0. The number of amides is 1. The third kappa shape index (κ3) is 3.71. The molecule has 1 aliphatic heterocycles. The minimum absolute atomic E-state index is 0.0524. The van der Waals surface area contributed by atoms with E-state index in [2.05, 4.69) is 37.2 Å². The predicted molar refractivity (Wildman–Crippen MR) is 110 cm³/mol. The molecular formula is C20H28N4O2S. The third-order valence-corrected chi connectivity index (χ3v) is 5.75. The number of methoxy groups -OCH3 is 1. The van der Waals surface area contributed by atoms with E-state index in [1.165, 1.54) is 0 Å². The van der Waals surface area contributed by atoms with Crippen LogP contribution < -0.4 is 10.5 Å². The summed E-state index contributed by atoms with van der Waals surface area (Å²) >= 11 is 4.20. The van der Waals surface area contributed by atoms with Gasteiger partial charge >= 0.3 is 0 Å². The summed E-state index contributed by atoms with van der Waals surface area (Å²) in [7, 11) is 1.66. The fraction of sp³-hybridized carbons (Fsp3) is 0.500. The molecule has 0 radical (unpaired) electrons. The number of hydrogen-bond donors (Lipinski definition) is 2. The molecule has 0 aliphatic carbocycles. The normalized spacial score (nSPS) is 18.7. The maximum Gasteiger partial charge on any atom is 0.241 e. The van der Waals surface area contributed by atoms with Gasteiger partial charge in [-0.25, -0.2) is 4.98 Å². The smallest absolute Gasteiger partial charge is 0.241 e. The van der Waals surface area contributed by atoms with E-state index in [9.17, 15) is 4.79 Å². The minimum atomic E-state index is -0.588. The summed E-state index contributed by atoms with van der Waals surface area (Å²) in [6.45, 7) is 5.62. The first kappa shape index (κ1) is 19.8. The highest BCUT2D eigenvalue weighted by molar-refractivity contribution is 7.80. The van der Waals surface area contributed by atoms with Gasteiger partial charge in [0.05, 0.1) is 24.9 Å². The molecule has 3 unspecified atom stereocenters.